The number of anilines is 2. The maximum atomic E-state index is 14.9. The van der Waals surface area contributed by atoms with Crippen LogP contribution in [-0.2, 0) is 14.9 Å². The van der Waals surface area contributed by atoms with Crippen LogP contribution >= 0.6 is 0 Å². The number of aryl methyl sites for hydroxylation is 1. The van der Waals surface area contributed by atoms with E-state index < -0.39 is 29.3 Å². The molecule has 0 spiro atoms. The van der Waals surface area contributed by atoms with Gasteiger partial charge in [0.05, 0.1) is 22.7 Å². The fourth-order valence-corrected chi connectivity index (χ4v) is 5.54. The fourth-order valence-electron chi connectivity index (χ4n) is 5.54. The van der Waals surface area contributed by atoms with E-state index in [-0.39, 0.29) is 17.0 Å². The van der Waals surface area contributed by atoms with Gasteiger partial charge in [-0.15, -0.1) is 5.10 Å². The van der Waals surface area contributed by atoms with E-state index in [1.807, 2.05) is 37.8 Å². The number of hydrogen-bond donors (Lipinski definition) is 1. The number of fused-ring (bicyclic) bond motifs is 2. The van der Waals surface area contributed by atoms with Gasteiger partial charge >= 0.3 is 0 Å². The topological polar surface area (TPSA) is 67.4 Å². The summed E-state index contributed by atoms with van der Waals surface area (Å²) in [5.74, 6) is -0.504. The third-order valence-electron chi connectivity index (χ3n) is 7.96. The van der Waals surface area contributed by atoms with Crippen LogP contribution in [0.4, 0.5) is 24.7 Å². The fraction of sp³-hybridized carbons (Fsp3) is 0.464. The zero-order valence-electron chi connectivity index (χ0n) is 21.7. The van der Waals surface area contributed by atoms with E-state index in [4.69, 9.17) is 4.74 Å². The molecule has 1 saturated heterocycles. The number of amides is 1. The first kappa shape index (κ1) is 25.4. The van der Waals surface area contributed by atoms with Crippen LogP contribution in [0, 0.1) is 12.7 Å². The molecule has 1 aromatic heterocycles. The zero-order chi connectivity index (χ0) is 26.7. The lowest BCUT2D eigenvalue weighted by Crippen LogP contribution is -2.54. The van der Waals surface area contributed by atoms with Crippen LogP contribution in [0.5, 0.6) is 0 Å². The predicted octanol–water partition coefficient (Wildman–Crippen LogP) is 6.38. The largest absolute Gasteiger partial charge is 0.381 e. The Morgan fingerprint density at radius 3 is 2.41 bits per heavy atom. The molecule has 0 saturated carbocycles. The molecule has 3 aromatic rings. The maximum Gasteiger partial charge on any atom is 0.266 e. The van der Waals surface area contributed by atoms with E-state index in [2.05, 4.69) is 22.4 Å². The summed E-state index contributed by atoms with van der Waals surface area (Å²) < 4.78 is 47.0. The Morgan fingerprint density at radius 1 is 1.05 bits per heavy atom. The van der Waals surface area contributed by atoms with Gasteiger partial charge < -0.3 is 15.0 Å². The molecule has 2 aliphatic rings. The van der Waals surface area contributed by atoms with Crippen LogP contribution in [0.1, 0.15) is 75.4 Å². The average Bonchev–Trinajstić information content (AvgIpc) is 3.05. The van der Waals surface area contributed by atoms with Crippen LogP contribution in [-0.4, -0.2) is 34.9 Å². The third-order valence-corrected chi connectivity index (χ3v) is 7.96. The number of aromatic nitrogens is 2. The molecule has 9 heteroatoms. The molecular formula is C28H31F3N4O2. The second-order valence-corrected chi connectivity index (χ2v) is 10.8. The molecule has 2 aromatic carbocycles. The highest BCUT2D eigenvalue weighted by molar-refractivity contribution is 6.12. The van der Waals surface area contributed by atoms with Crippen molar-refractivity contribution in [2.45, 2.75) is 70.9 Å². The maximum absolute atomic E-state index is 14.9. The minimum atomic E-state index is -2.91. The molecule has 0 bridgehead atoms. The number of nitrogens with one attached hydrogen (secondary N) is 1. The number of halogens is 3. The van der Waals surface area contributed by atoms with Crippen molar-refractivity contribution in [3.63, 3.8) is 0 Å². The Bertz CT molecular complexity index is 1390. The third kappa shape index (κ3) is 4.04. The first-order valence-electron chi connectivity index (χ1n) is 12.5. The predicted molar refractivity (Wildman–Crippen MR) is 137 cm³/mol. The number of ether oxygens (including phenoxy) is 1. The van der Waals surface area contributed by atoms with Gasteiger partial charge in [-0.25, -0.2) is 13.2 Å². The van der Waals surface area contributed by atoms with Crippen molar-refractivity contribution < 1.29 is 22.7 Å². The number of rotatable bonds is 5. The molecule has 6 nitrogen and oxygen atoms in total. The van der Waals surface area contributed by atoms with Crippen molar-refractivity contribution in [1.82, 2.24) is 10.2 Å². The Balaban J connectivity index is 1.62. The zero-order valence-corrected chi connectivity index (χ0v) is 21.7. The van der Waals surface area contributed by atoms with Gasteiger partial charge in [0.15, 0.2) is 5.82 Å². The van der Waals surface area contributed by atoms with Gasteiger partial charge in [0, 0.05) is 40.8 Å². The number of hydrogen-bond acceptors (Lipinski definition) is 5. The first-order chi connectivity index (χ1) is 17.5. The van der Waals surface area contributed by atoms with E-state index >= 15 is 0 Å². The summed E-state index contributed by atoms with van der Waals surface area (Å²) in [5, 5.41) is 13.4. The van der Waals surface area contributed by atoms with Crippen molar-refractivity contribution in [2.24, 2.45) is 0 Å². The second-order valence-electron chi connectivity index (χ2n) is 10.8. The number of benzene rings is 2. The lowest BCUT2D eigenvalue weighted by Gasteiger charge is -2.42. The lowest BCUT2D eigenvalue weighted by atomic mass is 9.84. The molecule has 37 heavy (non-hydrogen) atoms. The minimum absolute atomic E-state index is 0.0366. The van der Waals surface area contributed by atoms with E-state index in [0.29, 0.717) is 24.7 Å². The van der Waals surface area contributed by atoms with Crippen LogP contribution in [0.25, 0.3) is 10.8 Å². The number of carbonyl (C=O) groups excluding carboxylic acids is 1. The minimum Gasteiger partial charge on any atom is -0.381 e. The Labute approximate surface area is 214 Å². The van der Waals surface area contributed by atoms with Crippen molar-refractivity contribution in [3.8, 4) is 0 Å². The van der Waals surface area contributed by atoms with E-state index in [1.165, 1.54) is 12.1 Å². The molecule has 0 unspecified atom stereocenters. The summed E-state index contributed by atoms with van der Waals surface area (Å²) in [4.78, 5) is 15.7. The molecular weight excluding hydrogens is 481 g/mol. The number of alkyl halides is 2. The highest BCUT2D eigenvalue weighted by atomic mass is 19.3. The SMILES string of the molecule is Cc1nnc(N[C@H](C)c2cccc(C(F)F)c2F)c2cc3c(cc12)C(C)(C)C(=O)N3C1(C)CCOCC1. The second kappa shape index (κ2) is 8.97. The Morgan fingerprint density at radius 2 is 1.73 bits per heavy atom. The number of nitrogens with zero attached hydrogens (tertiary/aromatic N) is 3. The van der Waals surface area contributed by atoms with Crippen molar-refractivity contribution in [3.05, 3.63) is 58.5 Å². The lowest BCUT2D eigenvalue weighted by molar-refractivity contribution is -0.123. The van der Waals surface area contributed by atoms with Gasteiger partial charge in [-0.2, -0.15) is 5.10 Å². The number of carbonyl (C=O) groups is 1. The summed E-state index contributed by atoms with van der Waals surface area (Å²) in [6.45, 7) is 10.7. The summed E-state index contributed by atoms with van der Waals surface area (Å²) in [6, 6.07) is 7.29. The van der Waals surface area contributed by atoms with E-state index in [9.17, 15) is 18.0 Å². The van der Waals surface area contributed by atoms with Crippen LogP contribution in [0.3, 0.4) is 0 Å². The van der Waals surface area contributed by atoms with Gasteiger partial charge in [-0.3, -0.25) is 4.79 Å². The van der Waals surface area contributed by atoms with Crippen molar-refractivity contribution in [2.75, 3.05) is 23.4 Å². The monoisotopic (exact) mass is 512 g/mol. The van der Waals surface area contributed by atoms with Gasteiger partial charge in [0.1, 0.15) is 5.82 Å². The molecule has 3 heterocycles. The normalized spacial score (nSPS) is 19.4. The first-order valence-corrected chi connectivity index (χ1v) is 12.5. The Hall–Kier alpha value is -3.20. The molecule has 1 amide bonds. The van der Waals surface area contributed by atoms with Gasteiger partial charge in [-0.1, -0.05) is 18.2 Å². The molecule has 0 aliphatic carbocycles. The van der Waals surface area contributed by atoms with Gasteiger partial charge in [-0.05, 0) is 65.2 Å². The van der Waals surface area contributed by atoms with Gasteiger partial charge in [0.25, 0.3) is 6.43 Å². The molecule has 1 N–H and O–H groups in total. The van der Waals surface area contributed by atoms with E-state index in [0.717, 1.165) is 40.9 Å². The van der Waals surface area contributed by atoms with Crippen LogP contribution in [0.2, 0.25) is 0 Å². The van der Waals surface area contributed by atoms with Crippen molar-refractivity contribution in [1.29, 1.82) is 0 Å². The summed E-state index contributed by atoms with van der Waals surface area (Å²) >= 11 is 0. The molecule has 0 radical (unpaired) electrons. The van der Waals surface area contributed by atoms with Crippen LogP contribution < -0.4 is 10.2 Å². The summed E-state index contributed by atoms with van der Waals surface area (Å²) in [6.07, 6.45) is -1.46. The van der Waals surface area contributed by atoms with Crippen molar-refractivity contribution >= 4 is 28.2 Å². The van der Waals surface area contributed by atoms with Crippen LogP contribution in [0.15, 0.2) is 30.3 Å². The molecule has 2 aliphatic heterocycles. The van der Waals surface area contributed by atoms with E-state index in [1.54, 1.807) is 6.92 Å². The molecule has 196 valence electrons. The standard InChI is InChI=1S/C28H31F3N4O2/c1-15(17-7-6-8-18(23(17)29)24(30)31)32-25-20-14-22-21(13-19(20)16(2)33-34-25)27(3,4)26(36)35(22)28(5)9-11-37-12-10-28/h6-8,13-15,24H,9-12H2,1-5H3,(H,32,34)/t15-/m1/s1. The highest BCUT2D eigenvalue weighted by Gasteiger charge is 2.51. The van der Waals surface area contributed by atoms with Gasteiger partial charge in [0.2, 0.25) is 5.91 Å². The smallest absolute Gasteiger partial charge is 0.266 e. The molecule has 5 rings (SSSR count). The molecule has 1 fully saturated rings. The molecule has 1 atom stereocenters. The average molecular weight is 513 g/mol. The quantitative estimate of drug-likeness (QED) is 0.430. The summed E-state index contributed by atoms with van der Waals surface area (Å²) in [7, 11) is 0. The summed E-state index contributed by atoms with van der Waals surface area (Å²) in [5.41, 5.74) is 0.804. The highest BCUT2D eigenvalue weighted by Crippen LogP contribution is 2.49. The Kier molecular flexibility index (Phi) is 6.17.